The molecule has 1 rings (SSSR count). The zero-order valence-corrected chi connectivity index (χ0v) is 10.5. The molecule has 0 saturated heterocycles. The average molecular weight is 262 g/mol. The summed E-state index contributed by atoms with van der Waals surface area (Å²) in [5.74, 6) is 0.290. The van der Waals surface area contributed by atoms with Crippen LogP contribution in [0.4, 0.5) is 0 Å². The Labute approximate surface area is 95.0 Å². The average Bonchev–Trinajstić information content (AvgIpc) is 2.67. The van der Waals surface area contributed by atoms with E-state index in [-0.39, 0.29) is 5.41 Å². The zero-order valence-electron chi connectivity index (χ0n) is 8.94. The third-order valence-electron chi connectivity index (χ3n) is 3.32. The van der Waals surface area contributed by atoms with Crippen LogP contribution >= 0.6 is 15.9 Å². The van der Waals surface area contributed by atoms with Crippen LogP contribution in [-0.4, -0.2) is 17.8 Å². The van der Waals surface area contributed by atoms with Gasteiger partial charge in [0.05, 0.1) is 0 Å². The third kappa shape index (κ3) is 2.72. The highest BCUT2D eigenvalue weighted by atomic mass is 79.9. The Balaban J connectivity index is 2.40. The quantitative estimate of drug-likeness (QED) is 0.599. The van der Waals surface area contributed by atoms with Crippen molar-refractivity contribution in [2.45, 2.75) is 45.4 Å². The minimum Gasteiger partial charge on any atom is -0.356 e. The molecule has 0 aromatic carbocycles. The largest absolute Gasteiger partial charge is 0.356 e. The lowest BCUT2D eigenvalue weighted by atomic mass is 9.82. The van der Waals surface area contributed by atoms with Gasteiger partial charge in [-0.05, 0) is 25.7 Å². The maximum atomic E-state index is 11.9. The number of rotatable bonds is 5. The van der Waals surface area contributed by atoms with Crippen molar-refractivity contribution in [2.75, 3.05) is 11.9 Å². The van der Waals surface area contributed by atoms with Gasteiger partial charge in [0.1, 0.15) is 0 Å². The Kier molecular flexibility index (Phi) is 4.93. The standard InChI is InChI=1S/C11H20BrNO/c1-2-11(6-3-4-7-11)10(14)13-9-5-8-12/h2-9H2,1H3,(H,13,14). The summed E-state index contributed by atoms with van der Waals surface area (Å²) in [5, 5.41) is 4.01. The fourth-order valence-electron chi connectivity index (χ4n) is 2.25. The van der Waals surface area contributed by atoms with Gasteiger partial charge in [0, 0.05) is 17.3 Å². The molecule has 1 saturated carbocycles. The Morgan fingerprint density at radius 3 is 2.57 bits per heavy atom. The summed E-state index contributed by atoms with van der Waals surface area (Å²) < 4.78 is 0. The first-order chi connectivity index (χ1) is 6.75. The molecule has 0 unspecified atom stereocenters. The van der Waals surface area contributed by atoms with E-state index >= 15 is 0 Å². The van der Waals surface area contributed by atoms with Gasteiger partial charge in [-0.3, -0.25) is 4.79 Å². The topological polar surface area (TPSA) is 29.1 Å². The predicted molar refractivity (Wildman–Crippen MR) is 62.6 cm³/mol. The van der Waals surface area contributed by atoms with Gasteiger partial charge in [-0.2, -0.15) is 0 Å². The highest BCUT2D eigenvalue weighted by Gasteiger charge is 2.38. The predicted octanol–water partition coefficient (Wildman–Crippen LogP) is 2.86. The van der Waals surface area contributed by atoms with Gasteiger partial charge in [-0.1, -0.05) is 35.7 Å². The number of halogens is 1. The van der Waals surface area contributed by atoms with E-state index in [0.717, 1.165) is 37.6 Å². The molecule has 0 heterocycles. The van der Waals surface area contributed by atoms with E-state index in [2.05, 4.69) is 28.2 Å². The minimum atomic E-state index is -0.0215. The first-order valence-corrected chi connectivity index (χ1v) is 6.71. The molecule has 3 heteroatoms. The van der Waals surface area contributed by atoms with E-state index < -0.39 is 0 Å². The molecule has 14 heavy (non-hydrogen) atoms. The summed E-state index contributed by atoms with van der Waals surface area (Å²) in [6.45, 7) is 2.95. The van der Waals surface area contributed by atoms with Crippen LogP contribution in [0.3, 0.4) is 0 Å². The molecule has 0 atom stereocenters. The maximum Gasteiger partial charge on any atom is 0.226 e. The van der Waals surface area contributed by atoms with Crippen molar-refractivity contribution in [1.82, 2.24) is 5.32 Å². The van der Waals surface area contributed by atoms with Gasteiger partial charge in [-0.25, -0.2) is 0 Å². The summed E-state index contributed by atoms with van der Waals surface area (Å²) in [7, 11) is 0. The van der Waals surface area contributed by atoms with E-state index in [4.69, 9.17) is 0 Å². The minimum absolute atomic E-state index is 0.0215. The number of hydrogen-bond donors (Lipinski definition) is 1. The van der Waals surface area contributed by atoms with Crippen molar-refractivity contribution >= 4 is 21.8 Å². The molecule has 82 valence electrons. The number of nitrogens with one attached hydrogen (secondary N) is 1. The van der Waals surface area contributed by atoms with Gasteiger partial charge in [0.15, 0.2) is 0 Å². The SMILES string of the molecule is CCC1(C(=O)NCCCBr)CCCC1. The molecule has 1 aliphatic carbocycles. The van der Waals surface area contributed by atoms with Crippen LogP contribution in [0.15, 0.2) is 0 Å². The zero-order chi connectivity index (χ0) is 10.4. The van der Waals surface area contributed by atoms with E-state index in [1.54, 1.807) is 0 Å². The van der Waals surface area contributed by atoms with Crippen molar-refractivity contribution in [1.29, 1.82) is 0 Å². The van der Waals surface area contributed by atoms with E-state index in [0.29, 0.717) is 5.91 Å². The second kappa shape index (κ2) is 5.74. The number of hydrogen-bond acceptors (Lipinski definition) is 1. The van der Waals surface area contributed by atoms with Crippen LogP contribution in [0.5, 0.6) is 0 Å². The molecule has 0 aromatic rings. The van der Waals surface area contributed by atoms with Crippen molar-refractivity contribution in [3.63, 3.8) is 0 Å². The van der Waals surface area contributed by atoms with Crippen molar-refractivity contribution in [3.05, 3.63) is 0 Å². The number of amides is 1. The third-order valence-corrected chi connectivity index (χ3v) is 3.88. The Bertz CT molecular complexity index is 188. The molecule has 0 bridgehead atoms. The molecule has 0 radical (unpaired) electrons. The highest BCUT2D eigenvalue weighted by Crippen LogP contribution is 2.40. The summed E-state index contributed by atoms with van der Waals surface area (Å²) in [6.07, 6.45) is 6.63. The molecule has 1 amide bonds. The van der Waals surface area contributed by atoms with E-state index in [1.807, 2.05) is 0 Å². The molecule has 1 N–H and O–H groups in total. The first kappa shape index (κ1) is 12.0. The van der Waals surface area contributed by atoms with Crippen LogP contribution < -0.4 is 5.32 Å². The molecule has 2 nitrogen and oxygen atoms in total. The lowest BCUT2D eigenvalue weighted by molar-refractivity contribution is -0.131. The van der Waals surface area contributed by atoms with E-state index in [9.17, 15) is 4.79 Å². The van der Waals surface area contributed by atoms with Crippen molar-refractivity contribution in [3.8, 4) is 0 Å². The van der Waals surface area contributed by atoms with Gasteiger partial charge in [-0.15, -0.1) is 0 Å². The Morgan fingerprint density at radius 1 is 1.43 bits per heavy atom. The van der Waals surface area contributed by atoms with Gasteiger partial charge >= 0.3 is 0 Å². The number of carbonyl (C=O) groups excluding carboxylic acids is 1. The monoisotopic (exact) mass is 261 g/mol. The van der Waals surface area contributed by atoms with Crippen molar-refractivity contribution < 1.29 is 4.79 Å². The van der Waals surface area contributed by atoms with Gasteiger partial charge in [0.2, 0.25) is 5.91 Å². The molecule has 0 spiro atoms. The second-order valence-electron chi connectivity index (χ2n) is 4.14. The molecule has 1 fully saturated rings. The summed E-state index contributed by atoms with van der Waals surface area (Å²) in [6, 6.07) is 0. The van der Waals surface area contributed by atoms with Gasteiger partial charge < -0.3 is 5.32 Å². The number of alkyl halides is 1. The first-order valence-electron chi connectivity index (χ1n) is 5.59. The molecule has 0 aromatic heterocycles. The summed E-state index contributed by atoms with van der Waals surface area (Å²) in [5.41, 5.74) is -0.0215. The molecular formula is C11H20BrNO. The van der Waals surface area contributed by atoms with Crippen molar-refractivity contribution in [2.24, 2.45) is 5.41 Å². The summed E-state index contributed by atoms with van der Waals surface area (Å²) in [4.78, 5) is 11.9. The molecule has 0 aliphatic heterocycles. The fourth-order valence-corrected chi connectivity index (χ4v) is 2.53. The van der Waals surface area contributed by atoms with Crippen LogP contribution in [-0.2, 0) is 4.79 Å². The Hall–Kier alpha value is -0.0500. The number of carbonyl (C=O) groups is 1. The van der Waals surface area contributed by atoms with Crippen LogP contribution in [0.2, 0.25) is 0 Å². The second-order valence-corrected chi connectivity index (χ2v) is 4.93. The highest BCUT2D eigenvalue weighted by molar-refractivity contribution is 9.09. The lowest BCUT2D eigenvalue weighted by Gasteiger charge is -2.25. The normalized spacial score (nSPS) is 19.6. The maximum absolute atomic E-state index is 11.9. The summed E-state index contributed by atoms with van der Waals surface area (Å²) >= 11 is 3.36. The van der Waals surface area contributed by atoms with Crippen LogP contribution in [0.1, 0.15) is 45.4 Å². The fraction of sp³-hybridized carbons (Fsp3) is 0.909. The van der Waals surface area contributed by atoms with E-state index in [1.165, 1.54) is 12.8 Å². The van der Waals surface area contributed by atoms with Crippen LogP contribution in [0.25, 0.3) is 0 Å². The molecule has 1 aliphatic rings. The van der Waals surface area contributed by atoms with Crippen LogP contribution in [0, 0.1) is 5.41 Å². The Morgan fingerprint density at radius 2 is 2.07 bits per heavy atom. The lowest BCUT2D eigenvalue weighted by Crippen LogP contribution is -2.39. The molecular weight excluding hydrogens is 242 g/mol. The van der Waals surface area contributed by atoms with Gasteiger partial charge in [0.25, 0.3) is 0 Å². The smallest absolute Gasteiger partial charge is 0.226 e.